The standard InChI is InChI=1S/C13H14F3NO3/c1-7(18)17-9(2-3-12(19)20)4-8-5-10(14)13(16)11(15)6-8/h5-6,9H,2-4H2,1H3,(H,17,18)(H,19,20). The predicted molar refractivity (Wildman–Crippen MR) is 64.5 cm³/mol. The van der Waals surface area contributed by atoms with E-state index in [-0.39, 0.29) is 30.7 Å². The van der Waals surface area contributed by atoms with Gasteiger partial charge in [0.1, 0.15) is 0 Å². The minimum absolute atomic E-state index is 0.0149. The highest BCUT2D eigenvalue weighted by Gasteiger charge is 2.16. The molecule has 1 amide bonds. The van der Waals surface area contributed by atoms with Gasteiger partial charge < -0.3 is 10.4 Å². The summed E-state index contributed by atoms with van der Waals surface area (Å²) in [5.41, 5.74) is 0.144. The van der Waals surface area contributed by atoms with Gasteiger partial charge in [-0.1, -0.05) is 0 Å². The van der Waals surface area contributed by atoms with Gasteiger partial charge in [-0.15, -0.1) is 0 Å². The van der Waals surface area contributed by atoms with Crippen LogP contribution in [-0.4, -0.2) is 23.0 Å². The molecule has 1 atom stereocenters. The molecule has 0 aliphatic heterocycles. The Labute approximate surface area is 113 Å². The number of halogens is 3. The monoisotopic (exact) mass is 289 g/mol. The van der Waals surface area contributed by atoms with E-state index in [4.69, 9.17) is 5.11 Å². The number of nitrogens with one attached hydrogen (secondary N) is 1. The van der Waals surface area contributed by atoms with Gasteiger partial charge in [0.2, 0.25) is 5.91 Å². The quantitative estimate of drug-likeness (QED) is 0.787. The van der Waals surface area contributed by atoms with E-state index < -0.39 is 29.5 Å². The molecule has 0 heterocycles. The van der Waals surface area contributed by atoms with Crippen LogP contribution in [0, 0.1) is 17.5 Å². The zero-order valence-corrected chi connectivity index (χ0v) is 10.8. The Hall–Kier alpha value is -2.05. The number of carbonyl (C=O) groups excluding carboxylic acids is 1. The predicted octanol–water partition coefficient (Wildman–Crippen LogP) is 2.02. The van der Waals surface area contributed by atoms with Crippen molar-refractivity contribution in [2.45, 2.75) is 32.2 Å². The maximum atomic E-state index is 13.1. The third kappa shape index (κ3) is 4.91. The molecule has 0 spiro atoms. The van der Waals surface area contributed by atoms with Crippen molar-refractivity contribution in [2.24, 2.45) is 0 Å². The van der Waals surface area contributed by atoms with Crippen molar-refractivity contribution >= 4 is 11.9 Å². The number of amides is 1. The molecule has 0 saturated carbocycles. The second-order valence-corrected chi connectivity index (χ2v) is 4.41. The molecule has 0 bridgehead atoms. The maximum absolute atomic E-state index is 13.1. The number of carboxylic acid groups (broad SMARTS) is 1. The number of hydrogen-bond donors (Lipinski definition) is 2. The molecule has 0 aliphatic rings. The van der Waals surface area contributed by atoms with Crippen LogP contribution in [0.1, 0.15) is 25.3 Å². The average Bonchev–Trinajstić information content (AvgIpc) is 2.32. The van der Waals surface area contributed by atoms with Gasteiger partial charge in [-0.2, -0.15) is 0 Å². The number of benzene rings is 1. The third-order valence-electron chi connectivity index (χ3n) is 2.64. The number of carbonyl (C=O) groups is 2. The second kappa shape index (κ2) is 6.93. The van der Waals surface area contributed by atoms with E-state index in [9.17, 15) is 22.8 Å². The molecule has 0 aliphatic carbocycles. The van der Waals surface area contributed by atoms with Gasteiger partial charge in [0.15, 0.2) is 17.5 Å². The van der Waals surface area contributed by atoms with Gasteiger partial charge in [0, 0.05) is 19.4 Å². The molecule has 1 unspecified atom stereocenters. The van der Waals surface area contributed by atoms with Crippen molar-refractivity contribution in [1.29, 1.82) is 0 Å². The third-order valence-corrected chi connectivity index (χ3v) is 2.64. The smallest absolute Gasteiger partial charge is 0.303 e. The molecular weight excluding hydrogens is 275 g/mol. The first-order chi connectivity index (χ1) is 9.29. The van der Waals surface area contributed by atoms with Gasteiger partial charge in [0.05, 0.1) is 0 Å². The van der Waals surface area contributed by atoms with Gasteiger partial charge in [0.25, 0.3) is 0 Å². The highest BCUT2D eigenvalue weighted by Crippen LogP contribution is 2.16. The summed E-state index contributed by atoms with van der Waals surface area (Å²) in [6.07, 6.45) is -0.0758. The Morgan fingerprint density at radius 2 is 1.80 bits per heavy atom. The van der Waals surface area contributed by atoms with Crippen LogP contribution in [0.2, 0.25) is 0 Å². The molecule has 0 saturated heterocycles. The maximum Gasteiger partial charge on any atom is 0.303 e. The van der Waals surface area contributed by atoms with E-state index in [0.717, 1.165) is 12.1 Å². The van der Waals surface area contributed by atoms with Crippen LogP contribution in [-0.2, 0) is 16.0 Å². The molecule has 1 aromatic rings. The van der Waals surface area contributed by atoms with Gasteiger partial charge >= 0.3 is 5.97 Å². The van der Waals surface area contributed by atoms with Gasteiger partial charge in [-0.05, 0) is 30.5 Å². The van der Waals surface area contributed by atoms with Crippen LogP contribution in [0.25, 0.3) is 0 Å². The summed E-state index contributed by atoms with van der Waals surface area (Å²) in [7, 11) is 0. The van der Waals surface area contributed by atoms with Crippen molar-refractivity contribution < 1.29 is 27.9 Å². The summed E-state index contributed by atoms with van der Waals surface area (Å²) in [5.74, 6) is -5.63. The first-order valence-corrected chi connectivity index (χ1v) is 5.92. The molecule has 1 rings (SSSR count). The summed E-state index contributed by atoms with van der Waals surface area (Å²) >= 11 is 0. The number of carboxylic acids is 1. The Morgan fingerprint density at radius 1 is 1.25 bits per heavy atom. The van der Waals surface area contributed by atoms with Crippen LogP contribution in [0.3, 0.4) is 0 Å². The Morgan fingerprint density at radius 3 is 2.25 bits per heavy atom. The van der Waals surface area contributed by atoms with Crippen molar-refractivity contribution in [3.8, 4) is 0 Å². The molecule has 0 aromatic heterocycles. The molecule has 4 nitrogen and oxygen atoms in total. The van der Waals surface area contributed by atoms with E-state index in [0.29, 0.717) is 0 Å². The van der Waals surface area contributed by atoms with Crippen molar-refractivity contribution in [2.75, 3.05) is 0 Å². The zero-order valence-electron chi connectivity index (χ0n) is 10.8. The van der Waals surface area contributed by atoms with Gasteiger partial charge in [-0.25, -0.2) is 13.2 Å². The zero-order chi connectivity index (χ0) is 15.3. The van der Waals surface area contributed by atoms with Crippen LogP contribution in [0.15, 0.2) is 12.1 Å². The SMILES string of the molecule is CC(=O)NC(CCC(=O)O)Cc1cc(F)c(F)c(F)c1. The fraction of sp³-hybridized carbons (Fsp3) is 0.385. The highest BCUT2D eigenvalue weighted by molar-refractivity contribution is 5.73. The van der Waals surface area contributed by atoms with E-state index in [1.807, 2.05) is 0 Å². The van der Waals surface area contributed by atoms with Crippen molar-refractivity contribution in [3.63, 3.8) is 0 Å². The van der Waals surface area contributed by atoms with Crippen molar-refractivity contribution in [1.82, 2.24) is 5.32 Å². The highest BCUT2D eigenvalue weighted by atomic mass is 19.2. The van der Waals surface area contributed by atoms with E-state index in [2.05, 4.69) is 5.32 Å². The lowest BCUT2D eigenvalue weighted by molar-refractivity contribution is -0.137. The molecule has 20 heavy (non-hydrogen) atoms. The van der Waals surface area contributed by atoms with Crippen LogP contribution < -0.4 is 5.32 Å². The largest absolute Gasteiger partial charge is 0.481 e. The van der Waals surface area contributed by atoms with E-state index in [1.165, 1.54) is 6.92 Å². The summed E-state index contributed by atoms with van der Waals surface area (Å²) in [6.45, 7) is 1.25. The Bertz CT molecular complexity index is 497. The Balaban J connectivity index is 2.82. The molecule has 2 N–H and O–H groups in total. The fourth-order valence-corrected chi connectivity index (χ4v) is 1.82. The normalized spacial score (nSPS) is 12.0. The van der Waals surface area contributed by atoms with Crippen LogP contribution >= 0.6 is 0 Å². The molecule has 110 valence electrons. The molecule has 0 fully saturated rings. The summed E-state index contributed by atoms with van der Waals surface area (Å²) < 4.78 is 39.0. The van der Waals surface area contributed by atoms with E-state index in [1.54, 1.807) is 0 Å². The topological polar surface area (TPSA) is 66.4 Å². The second-order valence-electron chi connectivity index (χ2n) is 4.41. The lowest BCUT2D eigenvalue weighted by atomic mass is 10.0. The number of rotatable bonds is 6. The fourth-order valence-electron chi connectivity index (χ4n) is 1.82. The lowest BCUT2D eigenvalue weighted by Gasteiger charge is -2.17. The molecular formula is C13H14F3NO3. The average molecular weight is 289 g/mol. The molecule has 0 radical (unpaired) electrons. The van der Waals surface area contributed by atoms with E-state index >= 15 is 0 Å². The molecule has 7 heteroatoms. The first-order valence-electron chi connectivity index (χ1n) is 5.92. The van der Waals surface area contributed by atoms with Crippen LogP contribution in [0.5, 0.6) is 0 Å². The summed E-state index contributed by atoms with van der Waals surface area (Å²) in [5, 5.41) is 11.1. The molecule has 1 aromatic carbocycles. The lowest BCUT2D eigenvalue weighted by Crippen LogP contribution is -2.35. The van der Waals surface area contributed by atoms with Crippen molar-refractivity contribution in [3.05, 3.63) is 35.1 Å². The Kier molecular flexibility index (Phi) is 5.54. The van der Waals surface area contributed by atoms with Crippen LogP contribution in [0.4, 0.5) is 13.2 Å². The minimum atomic E-state index is -1.56. The number of hydrogen-bond acceptors (Lipinski definition) is 2. The number of aliphatic carboxylic acids is 1. The first kappa shape index (κ1) is 16.0. The van der Waals surface area contributed by atoms with Gasteiger partial charge in [-0.3, -0.25) is 9.59 Å². The minimum Gasteiger partial charge on any atom is -0.481 e. The summed E-state index contributed by atoms with van der Waals surface area (Å²) in [4.78, 5) is 21.5. The summed E-state index contributed by atoms with van der Waals surface area (Å²) in [6, 6.07) is 1.06.